The van der Waals surface area contributed by atoms with Crippen LogP contribution in [0.25, 0.3) is 0 Å². The molecule has 3 rings (SSSR count). The van der Waals surface area contributed by atoms with E-state index in [0.717, 1.165) is 14.0 Å². The second-order valence-electron chi connectivity index (χ2n) is 13.3. The van der Waals surface area contributed by atoms with Gasteiger partial charge in [-0.2, -0.15) is 0 Å². The molecule has 4 amide bonds. The first kappa shape index (κ1) is 38.2. The van der Waals surface area contributed by atoms with E-state index >= 15 is 0 Å². The predicted molar refractivity (Wildman–Crippen MR) is 169 cm³/mol. The fraction of sp³-hybridized carbons (Fsp3) is 0.636. The monoisotopic (exact) mass is 678 g/mol. The number of aliphatic hydroxyl groups excluding tert-OH is 1. The minimum atomic E-state index is -1.64. The first-order chi connectivity index (χ1) is 22.4. The number of alkyl carbamates (subject to hydrolysis) is 1. The zero-order valence-corrected chi connectivity index (χ0v) is 28.5. The number of benzene rings is 1. The van der Waals surface area contributed by atoms with Gasteiger partial charge in [0.15, 0.2) is 6.04 Å². The molecule has 48 heavy (non-hydrogen) atoms. The minimum absolute atomic E-state index is 0.110. The maximum Gasteiger partial charge on any atom is 0.408 e. The number of likely N-dealkylation sites (tertiary alicyclic amines) is 2. The number of nitrogens with zero attached hydrogens (tertiary/aromatic N) is 2. The van der Waals surface area contributed by atoms with Gasteiger partial charge < -0.3 is 39.8 Å². The summed E-state index contributed by atoms with van der Waals surface area (Å²) in [6.45, 7) is 9.08. The fourth-order valence-electron chi connectivity index (χ4n) is 6.25. The van der Waals surface area contributed by atoms with Crippen molar-refractivity contribution in [3.63, 3.8) is 0 Å². The summed E-state index contributed by atoms with van der Waals surface area (Å²) in [7, 11) is 1.11. The van der Waals surface area contributed by atoms with Gasteiger partial charge in [0, 0.05) is 26.4 Å². The van der Waals surface area contributed by atoms with Crippen LogP contribution < -0.4 is 10.6 Å². The van der Waals surface area contributed by atoms with Crippen molar-refractivity contribution >= 4 is 35.8 Å². The molecule has 2 aliphatic rings. The number of halogens is 1. The number of aliphatic hydroxyl groups is 1. The Morgan fingerprint density at radius 3 is 2.33 bits per heavy atom. The molecule has 1 aromatic rings. The molecule has 2 saturated heterocycles. The molecular weight excluding hydrogens is 631 g/mol. The van der Waals surface area contributed by atoms with Gasteiger partial charge in [-0.25, -0.2) is 14.0 Å². The third kappa shape index (κ3) is 9.20. The second kappa shape index (κ2) is 15.8. The summed E-state index contributed by atoms with van der Waals surface area (Å²) in [5.74, 6) is -4.15. The number of amides is 4. The van der Waals surface area contributed by atoms with E-state index in [1.807, 2.05) is 0 Å². The number of rotatable bonds is 11. The van der Waals surface area contributed by atoms with Crippen molar-refractivity contribution in [3.8, 4) is 0 Å². The summed E-state index contributed by atoms with van der Waals surface area (Å²) < 4.78 is 29.6. The molecule has 3 N–H and O–H groups in total. The lowest BCUT2D eigenvalue weighted by Crippen LogP contribution is -2.65. The first-order valence-corrected chi connectivity index (χ1v) is 16.0. The largest absolute Gasteiger partial charge is 0.467 e. The summed E-state index contributed by atoms with van der Waals surface area (Å²) in [5, 5.41) is 15.5. The smallest absolute Gasteiger partial charge is 0.408 e. The second-order valence-corrected chi connectivity index (χ2v) is 13.3. The van der Waals surface area contributed by atoms with Crippen LogP contribution in [-0.4, -0.2) is 112 Å². The number of methoxy groups -OCH3 is 1. The Morgan fingerprint density at radius 2 is 1.75 bits per heavy atom. The molecule has 15 heteroatoms. The summed E-state index contributed by atoms with van der Waals surface area (Å²) in [6, 6.07) is 1.68. The van der Waals surface area contributed by atoms with Gasteiger partial charge in [-0.15, -0.1) is 0 Å². The van der Waals surface area contributed by atoms with E-state index in [4.69, 9.17) is 14.2 Å². The van der Waals surface area contributed by atoms with Crippen LogP contribution >= 0.6 is 0 Å². The topological polar surface area (TPSA) is 181 Å². The molecule has 2 aliphatic heterocycles. The lowest BCUT2D eigenvalue weighted by atomic mass is 9.86. The Hall–Kier alpha value is -4.27. The summed E-state index contributed by atoms with van der Waals surface area (Å²) in [5.41, 5.74) is -2.10. The van der Waals surface area contributed by atoms with E-state index in [2.05, 4.69) is 10.6 Å². The molecule has 6 atom stereocenters. The molecule has 266 valence electrons. The van der Waals surface area contributed by atoms with Gasteiger partial charge in [0.05, 0.1) is 13.2 Å². The van der Waals surface area contributed by atoms with Crippen LogP contribution in [0, 0.1) is 5.82 Å². The van der Waals surface area contributed by atoms with Crippen LogP contribution in [0.5, 0.6) is 0 Å². The molecule has 0 aliphatic carbocycles. The van der Waals surface area contributed by atoms with Crippen molar-refractivity contribution < 1.29 is 52.5 Å². The maximum atomic E-state index is 14.4. The van der Waals surface area contributed by atoms with Crippen molar-refractivity contribution in [1.29, 1.82) is 0 Å². The van der Waals surface area contributed by atoms with Crippen LogP contribution in [0.1, 0.15) is 72.8 Å². The zero-order chi connectivity index (χ0) is 36.0. The number of hydrogen-bond donors (Lipinski definition) is 3. The van der Waals surface area contributed by atoms with Crippen molar-refractivity contribution in [2.75, 3.05) is 20.2 Å². The Morgan fingerprint density at radius 1 is 1.06 bits per heavy atom. The zero-order valence-electron chi connectivity index (χ0n) is 28.5. The minimum Gasteiger partial charge on any atom is -0.467 e. The number of carbonyl (C=O) groups excluding carboxylic acids is 6. The first-order valence-electron chi connectivity index (χ1n) is 16.0. The third-order valence-electron chi connectivity index (χ3n) is 8.37. The van der Waals surface area contributed by atoms with Crippen molar-refractivity contribution in [2.45, 2.75) is 115 Å². The molecule has 0 radical (unpaired) electrons. The predicted octanol–water partition coefficient (Wildman–Crippen LogP) is 1.60. The molecule has 0 bridgehead atoms. The molecule has 1 aromatic carbocycles. The van der Waals surface area contributed by atoms with Gasteiger partial charge >= 0.3 is 18.0 Å². The maximum absolute atomic E-state index is 14.4. The number of ether oxygens (including phenoxy) is 3. The van der Waals surface area contributed by atoms with Gasteiger partial charge in [0.1, 0.15) is 35.1 Å². The van der Waals surface area contributed by atoms with Crippen LogP contribution in [0.3, 0.4) is 0 Å². The summed E-state index contributed by atoms with van der Waals surface area (Å²) in [6.07, 6.45) is -2.34. The van der Waals surface area contributed by atoms with E-state index in [9.17, 15) is 38.3 Å². The van der Waals surface area contributed by atoms with Crippen LogP contribution in [0.2, 0.25) is 0 Å². The lowest BCUT2D eigenvalue weighted by Gasteiger charge is -2.41. The Kier molecular flexibility index (Phi) is 12.5. The van der Waals surface area contributed by atoms with Crippen LogP contribution in [0.4, 0.5) is 9.18 Å². The van der Waals surface area contributed by atoms with Crippen molar-refractivity contribution in [2.24, 2.45) is 0 Å². The molecule has 0 aromatic heterocycles. The van der Waals surface area contributed by atoms with Gasteiger partial charge in [-0.1, -0.05) is 12.1 Å². The van der Waals surface area contributed by atoms with E-state index in [0.29, 0.717) is 18.4 Å². The highest BCUT2D eigenvalue weighted by molar-refractivity contribution is 5.98. The molecular formula is C33H47FN4O10. The number of esters is 2. The fourth-order valence-corrected chi connectivity index (χ4v) is 6.25. The van der Waals surface area contributed by atoms with Gasteiger partial charge in [-0.3, -0.25) is 19.2 Å². The number of hydrogen-bond acceptors (Lipinski definition) is 10. The van der Waals surface area contributed by atoms with E-state index in [1.165, 1.54) is 41.8 Å². The van der Waals surface area contributed by atoms with E-state index in [1.54, 1.807) is 26.8 Å². The Balaban J connectivity index is 1.98. The molecule has 0 saturated carbocycles. The van der Waals surface area contributed by atoms with E-state index < -0.39 is 83.0 Å². The SMILES string of the molecule is COC(=O)[C@@H](NC(=O)C1(Cc2cccc(F)c2)CCCN1C(=O)[C@@H]1CCCN1C(=O)[C@@H](NC(=O)OC(C)(C)C)[C@@H](C)O)[C@@H](C)OC(C)=O. The van der Waals surface area contributed by atoms with E-state index in [-0.39, 0.29) is 32.4 Å². The number of nitrogens with one attached hydrogen (secondary N) is 2. The lowest BCUT2D eigenvalue weighted by molar-refractivity contribution is -0.159. The molecule has 0 spiro atoms. The van der Waals surface area contributed by atoms with Crippen molar-refractivity contribution in [3.05, 3.63) is 35.6 Å². The quantitative estimate of drug-likeness (QED) is 0.230. The Bertz CT molecular complexity index is 1380. The summed E-state index contributed by atoms with van der Waals surface area (Å²) >= 11 is 0. The molecule has 2 heterocycles. The van der Waals surface area contributed by atoms with Gasteiger partial charge in [0.2, 0.25) is 17.7 Å². The summed E-state index contributed by atoms with van der Waals surface area (Å²) in [4.78, 5) is 82.1. The van der Waals surface area contributed by atoms with Crippen LogP contribution in [0.15, 0.2) is 24.3 Å². The molecule has 2 fully saturated rings. The highest BCUT2D eigenvalue weighted by Crippen LogP contribution is 2.36. The average Bonchev–Trinajstić information content (AvgIpc) is 3.64. The average molecular weight is 679 g/mol. The van der Waals surface area contributed by atoms with Crippen molar-refractivity contribution in [1.82, 2.24) is 20.4 Å². The van der Waals surface area contributed by atoms with Gasteiger partial charge in [0.25, 0.3) is 0 Å². The normalized spacial score (nSPS) is 21.8. The molecule has 14 nitrogen and oxygen atoms in total. The highest BCUT2D eigenvalue weighted by atomic mass is 19.1. The highest BCUT2D eigenvalue weighted by Gasteiger charge is 2.53. The Labute approximate surface area is 279 Å². The molecule has 1 unspecified atom stereocenters. The third-order valence-corrected chi connectivity index (χ3v) is 8.37. The standard InChI is InChI=1S/C33H47FN4O10/c1-19(39)25(36-31(45)48-32(4,5)6)28(42)37-15-9-13-24(37)27(41)38-16-10-14-33(38,18-22-11-8-12-23(34)17-22)30(44)35-26(29(43)46-7)20(2)47-21(3)40/h8,11-12,17,19-20,24-26,39H,9-10,13-16,18H2,1-7H3,(H,35,44)(H,36,45)/t19-,20-,24+,25+,26+,33?/m1/s1. The van der Waals surface area contributed by atoms with Crippen LogP contribution in [-0.2, 0) is 44.6 Å². The van der Waals surface area contributed by atoms with Gasteiger partial charge in [-0.05, 0) is 78.0 Å². The number of carbonyl (C=O) groups is 6.